The largest absolute Gasteiger partial charge is 0.382 e. The lowest BCUT2D eigenvalue weighted by Gasteiger charge is -2.41. The first-order chi connectivity index (χ1) is 8.06. The minimum Gasteiger partial charge on any atom is -0.382 e. The van der Waals surface area contributed by atoms with E-state index >= 15 is 0 Å². The quantitative estimate of drug-likeness (QED) is 0.692. The van der Waals surface area contributed by atoms with Gasteiger partial charge < -0.3 is 14.8 Å². The summed E-state index contributed by atoms with van der Waals surface area (Å²) in [5.74, 6) is -0.218. The van der Waals surface area contributed by atoms with Crippen molar-refractivity contribution < 1.29 is 19.1 Å². The highest BCUT2D eigenvalue weighted by Gasteiger charge is 2.51. The van der Waals surface area contributed by atoms with Gasteiger partial charge in [-0.15, -0.1) is 0 Å². The molecule has 6 nitrogen and oxygen atoms in total. The predicted octanol–water partition coefficient (Wildman–Crippen LogP) is 0.170. The zero-order chi connectivity index (χ0) is 12.5. The molecule has 2 rings (SSSR count). The van der Waals surface area contributed by atoms with Gasteiger partial charge in [0.25, 0.3) is 5.91 Å². The van der Waals surface area contributed by atoms with Crippen molar-refractivity contribution >= 4 is 11.9 Å². The van der Waals surface area contributed by atoms with Crippen LogP contribution >= 0.6 is 0 Å². The Bertz CT molecular complexity index is 334. The van der Waals surface area contributed by atoms with Gasteiger partial charge in [0, 0.05) is 14.2 Å². The van der Waals surface area contributed by atoms with Crippen LogP contribution in [-0.2, 0) is 14.3 Å². The van der Waals surface area contributed by atoms with Crippen LogP contribution in [-0.4, -0.2) is 43.9 Å². The van der Waals surface area contributed by atoms with E-state index in [0.29, 0.717) is 32.3 Å². The van der Waals surface area contributed by atoms with Gasteiger partial charge in [-0.2, -0.15) is 0 Å². The summed E-state index contributed by atoms with van der Waals surface area (Å²) in [6, 6.07) is -0.397. The molecule has 1 aliphatic carbocycles. The molecule has 2 N–H and O–H groups in total. The fraction of sp³-hybridized carbons (Fsp3) is 0.818. The maximum Gasteiger partial charge on any atom is 0.322 e. The molecule has 0 unspecified atom stereocenters. The molecule has 0 aromatic carbocycles. The minimum atomic E-state index is -0.729. The second kappa shape index (κ2) is 4.27. The number of urea groups is 1. The molecule has 1 spiro atoms. The lowest BCUT2D eigenvalue weighted by Crippen LogP contribution is -2.54. The van der Waals surface area contributed by atoms with Gasteiger partial charge >= 0.3 is 6.03 Å². The van der Waals surface area contributed by atoms with Crippen LogP contribution in [0.1, 0.15) is 25.7 Å². The van der Waals surface area contributed by atoms with Gasteiger partial charge in [0.1, 0.15) is 5.54 Å². The van der Waals surface area contributed by atoms with Crippen molar-refractivity contribution in [3.8, 4) is 0 Å². The molecule has 6 heteroatoms. The zero-order valence-corrected chi connectivity index (χ0v) is 10.2. The average molecular weight is 242 g/mol. The molecule has 2 aliphatic rings. The van der Waals surface area contributed by atoms with E-state index in [1.54, 1.807) is 14.2 Å². The number of hydrogen-bond donors (Lipinski definition) is 2. The summed E-state index contributed by atoms with van der Waals surface area (Å²) >= 11 is 0. The van der Waals surface area contributed by atoms with Crippen molar-refractivity contribution in [3.05, 3.63) is 0 Å². The molecule has 2 fully saturated rings. The predicted molar refractivity (Wildman–Crippen MR) is 59.5 cm³/mol. The van der Waals surface area contributed by atoms with E-state index < -0.39 is 11.6 Å². The average Bonchev–Trinajstić information content (AvgIpc) is 2.58. The topological polar surface area (TPSA) is 76.7 Å². The summed E-state index contributed by atoms with van der Waals surface area (Å²) in [6.07, 6.45) is 2.57. The lowest BCUT2D eigenvalue weighted by atomic mass is 9.74. The first-order valence-corrected chi connectivity index (χ1v) is 5.74. The highest BCUT2D eigenvalue weighted by molar-refractivity contribution is 6.07. The minimum absolute atomic E-state index is 0.218. The number of hydrogen-bond acceptors (Lipinski definition) is 4. The molecular formula is C11H18N2O4. The van der Waals surface area contributed by atoms with Gasteiger partial charge in [0.05, 0.1) is 12.2 Å². The number of nitrogens with one attached hydrogen (secondary N) is 2. The molecule has 1 heterocycles. The number of ether oxygens (including phenoxy) is 2. The Kier molecular flexibility index (Phi) is 3.09. The summed E-state index contributed by atoms with van der Waals surface area (Å²) in [6.45, 7) is 0.509. The summed E-state index contributed by atoms with van der Waals surface area (Å²) in [5.41, 5.74) is -1.06. The van der Waals surface area contributed by atoms with E-state index in [1.807, 2.05) is 0 Å². The Hall–Kier alpha value is -1.14. The van der Waals surface area contributed by atoms with Crippen LogP contribution in [0.2, 0.25) is 0 Å². The fourth-order valence-corrected chi connectivity index (χ4v) is 2.68. The van der Waals surface area contributed by atoms with Crippen molar-refractivity contribution in [2.75, 3.05) is 20.8 Å². The Morgan fingerprint density at radius 2 is 1.82 bits per heavy atom. The molecule has 1 aliphatic heterocycles. The molecule has 0 bridgehead atoms. The third kappa shape index (κ3) is 2.02. The van der Waals surface area contributed by atoms with Crippen LogP contribution in [0.25, 0.3) is 0 Å². The summed E-state index contributed by atoms with van der Waals surface area (Å²) in [4.78, 5) is 22.9. The molecule has 0 aromatic heterocycles. The van der Waals surface area contributed by atoms with Crippen molar-refractivity contribution in [2.24, 2.45) is 0 Å². The first-order valence-electron chi connectivity index (χ1n) is 5.74. The number of amides is 3. The Morgan fingerprint density at radius 3 is 2.24 bits per heavy atom. The van der Waals surface area contributed by atoms with Crippen molar-refractivity contribution in [1.82, 2.24) is 10.6 Å². The summed E-state index contributed by atoms with van der Waals surface area (Å²) in [7, 11) is 3.29. The highest BCUT2D eigenvalue weighted by Crippen LogP contribution is 2.38. The van der Waals surface area contributed by atoms with Crippen LogP contribution in [0.5, 0.6) is 0 Å². The third-order valence-electron chi connectivity index (χ3n) is 3.87. The number of imide groups is 1. The molecule has 1 saturated heterocycles. The van der Waals surface area contributed by atoms with Crippen molar-refractivity contribution in [1.29, 1.82) is 0 Å². The third-order valence-corrected chi connectivity index (χ3v) is 3.87. The van der Waals surface area contributed by atoms with Crippen molar-refractivity contribution in [2.45, 2.75) is 36.8 Å². The first kappa shape index (κ1) is 12.3. The summed E-state index contributed by atoms with van der Waals surface area (Å²) < 4.78 is 10.7. The van der Waals surface area contributed by atoms with E-state index in [4.69, 9.17) is 9.47 Å². The number of methoxy groups -OCH3 is 2. The van der Waals surface area contributed by atoms with Crippen LogP contribution in [0.3, 0.4) is 0 Å². The standard InChI is InChI=1S/C11H18N2O4/c1-16-7-10(17-2)3-5-11(6-4-10)8(14)12-9(15)13-11/h3-7H2,1-2H3,(H2,12,13,14,15)/t10-,11+. The van der Waals surface area contributed by atoms with Gasteiger partial charge in [0.15, 0.2) is 0 Å². The normalized spacial score (nSPS) is 37.1. The maximum atomic E-state index is 11.8. The number of carbonyl (C=O) groups is 2. The van der Waals surface area contributed by atoms with Gasteiger partial charge in [0.2, 0.25) is 0 Å². The maximum absolute atomic E-state index is 11.8. The smallest absolute Gasteiger partial charge is 0.322 e. The molecule has 17 heavy (non-hydrogen) atoms. The molecular weight excluding hydrogens is 224 g/mol. The van der Waals surface area contributed by atoms with Crippen LogP contribution in [0.4, 0.5) is 4.79 Å². The van der Waals surface area contributed by atoms with Crippen LogP contribution in [0, 0.1) is 0 Å². The molecule has 3 amide bonds. The van der Waals surface area contributed by atoms with E-state index in [-0.39, 0.29) is 11.5 Å². The monoisotopic (exact) mass is 242 g/mol. The van der Waals surface area contributed by atoms with Gasteiger partial charge in [-0.05, 0) is 25.7 Å². The summed E-state index contributed by atoms with van der Waals surface area (Å²) in [5, 5.41) is 5.02. The Labute approximate surface area is 100 Å². The van der Waals surface area contributed by atoms with E-state index in [0.717, 1.165) is 0 Å². The van der Waals surface area contributed by atoms with E-state index in [9.17, 15) is 9.59 Å². The second-order valence-corrected chi connectivity index (χ2v) is 4.81. The zero-order valence-electron chi connectivity index (χ0n) is 10.2. The second-order valence-electron chi connectivity index (χ2n) is 4.81. The fourth-order valence-electron chi connectivity index (χ4n) is 2.68. The molecule has 0 atom stereocenters. The lowest BCUT2D eigenvalue weighted by molar-refractivity contribution is -0.131. The van der Waals surface area contributed by atoms with Gasteiger partial charge in [-0.1, -0.05) is 0 Å². The van der Waals surface area contributed by atoms with Crippen LogP contribution < -0.4 is 10.6 Å². The number of rotatable bonds is 3. The van der Waals surface area contributed by atoms with Crippen molar-refractivity contribution in [3.63, 3.8) is 0 Å². The molecule has 0 aromatic rings. The van der Waals surface area contributed by atoms with E-state index in [2.05, 4.69) is 10.6 Å². The van der Waals surface area contributed by atoms with Gasteiger partial charge in [-0.25, -0.2) is 4.79 Å². The molecule has 0 radical (unpaired) electrons. The SMILES string of the molecule is COC[C@]1(OC)CC[C@]2(CC1)NC(=O)NC2=O. The number of carbonyl (C=O) groups excluding carboxylic acids is 2. The molecule has 1 saturated carbocycles. The van der Waals surface area contributed by atoms with E-state index in [1.165, 1.54) is 0 Å². The highest BCUT2D eigenvalue weighted by atomic mass is 16.5. The van der Waals surface area contributed by atoms with Crippen LogP contribution in [0.15, 0.2) is 0 Å². The molecule has 96 valence electrons. The Balaban J connectivity index is 2.06. The van der Waals surface area contributed by atoms with Gasteiger partial charge in [-0.3, -0.25) is 10.1 Å². The Morgan fingerprint density at radius 1 is 1.18 bits per heavy atom.